The van der Waals surface area contributed by atoms with Crippen molar-refractivity contribution in [1.29, 1.82) is 5.26 Å². The number of nitrogens with one attached hydrogen (secondary N) is 2. The van der Waals surface area contributed by atoms with Gasteiger partial charge in [0.1, 0.15) is 11.3 Å². The summed E-state index contributed by atoms with van der Waals surface area (Å²) < 4.78 is 45.5. The third-order valence-corrected chi connectivity index (χ3v) is 8.55. The molecule has 2 heterocycles. The lowest BCUT2D eigenvalue weighted by Gasteiger charge is -2.29. The van der Waals surface area contributed by atoms with Gasteiger partial charge in [-0.25, -0.2) is 9.36 Å². The van der Waals surface area contributed by atoms with Crippen LogP contribution in [0.15, 0.2) is 65.6 Å². The standard InChI is InChI=1S/C34H37F3N8O3/c1-42-30(28-16-17-40-43(28)26-14-8-22(21-38)9-15-26)29(33(48)44(42)27-7-5-6-24(20-27)34(35,36)37)32(47)41-25-12-10-23(11-13-25)31(46)39-18-19-45(2,3)4/h5-9,14-17,20,23,25H,10-13,18-19H2,1-4H3,(H-,39,41,46,47)/p+1/t23-,25-. The summed E-state index contributed by atoms with van der Waals surface area (Å²) in [5.74, 6) is -0.879. The van der Waals surface area contributed by atoms with E-state index in [0.29, 0.717) is 49.2 Å². The molecule has 14 heteroatoms. The molecule has 48 heavy (non-hydrogen) atoms. The number of rotatable bonds is 9. The summed E-state index contributed by atoms with van der Waals surface area (Å²) in [5, 5.41) is 19.6. The molecule has 2 aromatic carbocycles. The van der Waals surface area contributed by atoms with E-state index in [1.54, 1.807) is 30.3 Å². The highest BCUT2D eigenvalue weighted by Gasteiger charge is 2.34. The molecule has 4 aromatic rings. The van der Waals surface area contributed by atoms with E-state index in [2.05, 4.69) is 21.8 Å². The lowest BCUT2D eigenvalue weighted by Crippen LogP contribution is -2.45. The molecule has 1 saturated carbocycles. The number of hydrogen-bond acceptors (Lipinski definition) is 5. The van der Waals surface area contributed by atoms with Crippen molar-refractivity contribution in [1.82, 2.24) is 29.8 Å². The Labute approximate surface area is 275 Å². The first kappa shape index (κ1) is 34.2. The first-order valence-electron chi connectivity index (χ1n) is 15.6. The Kier molecular flexibility index (Phi) is 9.63. The summed E-state index contributed by atoms with van der Waals surface area (Å²) in [6, 6.07) is 14.2. The Morgan fingerprint density at radius 3 is 2.33 bits per heavy atom. The second-order valence-electron chi connectivity index (χ2n) is 13.0. The molecule has 2 aromatic heterocycles. The van der Waals surface area contributed by atoms with Crippen LogP contribution in [-0.2, 0) is 18.0 Å². The molecule has 1 fully saturated rings. The number of alkyl halides is 3. The van der Waals surface area contributed by atoms with Crippen LogP contribution in [0.4, 0.5) is 13.2 Å². The Morgan fingerprint density at radius 1 is 1.02 bits per heavy atom. The largest absolute Gasteiger partial charge is 0.416 e. The highest BCUT2D eigenvalue weighted by Crippen LogP contribution is 2.32. The number of likely N-dealkylation sites (N-methyl/N-ethyl adjacent to an activating group) is 1. The molecule has 0 atom stereocenters. The topological polar surface area (TPSA) is 127 Å². The maximum absolute atomic E-state index is 14.1. The number of nitrogens with zero attached hydrogens (tertiary/aromatic N) is 6. The van der Waals surface area contributed by atoms with Crippen molar-refractivity contribution in [3.63, 3.8) is 0 Å². The Hall–Kier alpha value is -5.16. The zero-order valence-electron chi connectivity index (χ0n) is 27.2. The zero-order valence-corrected chi connectivity index (χ0v) is 27.2. The van der Waals surface area contributed by atoms with E-state index in [-0.39, 0.29) is 34.8 Å². The van der Waals surface area contributed by atoms with E-state index in [9.17, 15) is 32.8 Å². The molecule has 252 valence electrons. The van der Waals surface area contributed by atoms with E-state index in [1.165, 1.54) is 34.7 Å². The summed E-state index contributed by atoms with van der Waals surface area (Å²) >= 11 is 0. The number of carbonyl (C=O) groups excluding carboxylic acids is 2. The molecule has 5 rings (SSSR count). The molecule has 0 unspecified atom stereocenters. The van der Waals surface area contributed by atoms with Gasteiger partial charge in [-0.2, -0.15) is 23.5 Å². The van der Waals surface area contributed by atoms with Gasteiger partial charge in [0.15, 0.2) is 0 Å². The number of benzene rings is 2. The normalized spacial score (nSPS) is 16.7. The molecule has 0 spiro atoms. The van der Waals surface area contributed by atoms with Gasteiger partial charge in [-0.3, -0.25) is 19.1 Å². The summed E-state index contributed by atoms with van der Waals surface area (Å²) in [6.07, 6.45) is -1.01. The summed E-state index contributed by atoms with van der Waals surface area (Å²) in [7, 11) is 7.64. The van der Waals surface area contributed by atoms with Crippen LogP contribution < -0.4 is 16.2 Å². The van der Waals surface area contributed by atoms with E-state index in [4.69, 9.17) is 0 Å². The predicted octanol–water partition coefficient (Wildman–Crippen LogP) is 4.03. The van der Waals surface area contributed by atoms with Gasteiger partial charge in [-0.1, -0.05) is 6.07 Å². The minimum Gasteiger partial charge on any atom is -0.350 e. The Morgan fingerprint density at radius 2 is 1.71 bits per heavy atom. The van der Waals surface area contributed by atoms with Gasteiger partial charge in [-0.05, 0) is 74.2 Å². The summed E-state index contributed by atoms with van der Waals surface area (Å²) in [4.78, 5) is 40.8. The SMILES string of the molecule is Cn1c(-c2ccnn2-c2ccc(C#N)cc2)c(C(=O)N[C@H]2CC[C@H](C(=O)NCC[N+](C)(C)C)CC2)c(=O)n1-c1cccc(C(F)(F)F)c1. The maximum Gasteiger partial charge on any atom is 0.416 e. The first-order chi connectivity index (χ1) is 22.7. The second-order valence-corrected chi connectivity index (χ2v) is 13.0. The molecule has 2 N–H and O–H groups in total. The van der Waals surface area contributed by atoms with E-state index in [0.717, 1.165) is 27.8 Å². The minimum absolute atomic E-state index is 0.0152. The van der Waals surface area contributed by atoms with Crippen LogP contribution >= 0.6 is 0 Å². The number of amides is 2. The monoisotopic (exact) mass is 663 g/mol. The highest BCUT2D eigenvalue weighted by atomic mass is 19.4. The number of aromatic nitrogens is 4. The van der Waals surface area contributed by atoms with Crippen LogP contribution in [0.5, 0.6) is 0 Å². The number of quaternary nitrogens is 1. The molecule has 0 saturated heterocycles. The van der Waals surface area contributed by atoms with Crippen molar-refractivity contribution < 1.29 is 27.2 Å². The molecular weight excluding hydrogens is 625 g/mol. The van der Waals surface area contributed by atoms with Gasteiger partial charge in [0.25, 0.3) is 11.5 Å². The zero-order chi connectivity index (χ0) is 34.8. The fourth-order valence-corrected chi connectivity index (χ4v) is 5.99. The Bertz CT molecular complexity index is 1900. The average molecular weight is 664 g/mol. The van der Waals surface area contributed by atoms with Crippen molar-refractivity contribution in [3.05, 3.63) is 87.8 Å². The fourth-order valence-electron chi connectivity index (χ4n) is 5.99. The predicted molar refractivity (Wildman–Crippen MR) is 172 cm³/mol. The molecule has 1 aliphatic carbocycles. The quantitative estimate of drug-likeness (QED) is 0.262. The number of nitriles is 1. The minimum atomic E-state index is -4.65. The summed E-state index contributed by atoms with van der Waals surface area (Å²) in [6.45, 7) is 1.35. The lowest BCUT2D eigenvalue weighted by molar-refractivity contribution is -0.869. The molecule has 0 radical (unpaired) electrons. The van der Waals surface area contributed by atoms with Crippen molar-refractivity contribution in [3.8, 4) is 28.8 Å². The van der Waals surface area contributed by atoms with Gasteiger partial charge >= 0.3 is 6.18 Å². The van der Waals surface area contributed by atoms with E-state index < -0.39 is 23.2 Å². The highest BCUT2D eigenvalue weighted by molar-refractivity contribution is 6.00. The third-order valence-electron chi connectivity index (χ3n) is 8.55. The summed E-state index contributed by atoms with van der Waals surface area (Å²) in [5.41, 5.74) is -0.635. The molecule has 0 bridgehead atoms. The molecule has 2 amide bonds. The van der Waals surface area contributed by atoms with Gasteiger partial charge in [-0.15, -0.1) is 0 Å². The lowest BCUT2D eigenvalue weighted by atomic mass is 9.85. The van der Waals surface area contributed by atoms with Gasteiger partial charge in [0, 0.05) is 19.0 Å². The van der Waals surface area contributed by atoms with Crippen molar-refractivity contribution >= 4 is 11.8 Å². The second kappa shape index (κ2) is 13.5. The first-order valence-corrected chi connectivity index (χ1v) is 15.6. The van der Waals surface area contributed by atoms with Crippen LogP contribution in [0.25, 0.3) is 22.8 Å². The van der Waals surface area contributed by atoms with Crippen LogP contribution in [0.2, 0.25) is 0 Å². The van der Waals surface area contributed by atoms with Crippen molar-refractivity contribution in [2.75, 3.05) is 34.2 Å². The van der Waals surface area contributed by atoms with Gasteiger partial charge in [0.05, 0.1) is 74.7 Å². The van der Waals surface area contributed by atoms with Crippen LogP contribution in [0.3, 0.4) is 0 Å². The van der Waals surface area contributed by atoms with Crippen molar-refractivity contribution in [2.45, 2.75) is 37.9 Å². The smallest absolute Gasteiger partial charge is 0.350 e. The van der Waals surface area contributed by atoms with E-state index >= 15 is 0 Å². The fraction of sp³-hybridized carbons (Fsp3) is 0.382. The third kappa shape index (κ3) is 7.36. The number of carbonyl (C=O) groups is 2. The van der Waals surface area contributed by atoms with Crippen LogP contribution in [-0.4, -0.2) is 75.7 Å². The van der Waals surface area contributed by atoms with Gasteiger partial charge < -0.3 is 15.1 Å². The van der Waals surface area contributed by atoms with Crippen molar-refractivity contribution in [2.24, 2.45) is 13.0 Å². The molecule has 1 aliphatic rings. The maximum atomic E-state index is 14.1. The Balaban J connectivity index is 1.48. The van der Waals surface area contributed by atoms with Crippen LogP contribution in [0.1, 0.15) is 47.2 Å². The molecule has 0 aliphatic heterocycles. The molecule has 11 nitrogen and oxygen atoms in total. The number of halogens is 3. The van der Waals surface area contributed by atoms with Crippen LogP contribution in [0, 0.1) is 17.2 Å². The van der Waals surface area contributed by atoms with E-state index in [1.807, 2.05) is 21.1 Å². The van der Waals surface area contributed by atoms with Gasteiger partial charge in [0.2, 0.25) is 5.91 Å². The average Bonchev–Trinajstić information content (AvgIpc) is 3.62. The number of hydrogen-bond donors (Lipinski definition) is 2. The molecular formula is C34H38F3N8O3+.